The lowest BCUT2D eigenvalue weighted by Gasteiger charge is -2.23. The third-order valence-corrected chi connectivity index (χ3v) is 4.31. The van der Waals surface area contributed by atoms with E-state index in [0.717, 1.165) is 11.1 Å². The number of hydrogen-bond donors (Lipinski definition) is 2. The van der Waals surface area contributed by atoms with Gasteiger partial charge >= 0.3 is 17.8 Å². The van der Waals surface area contributed by atoms with Crippen molar-refractivity contribution in [2.75, 3.05) is 0 Å². The summed E-state index contributed by atoms with van der Waals surface area (Å²) in [6.45, 7) is 0. The quantitative estimate of drug-likeness (QED) is 0.501. The van der Waals surface area contributed by atoms with Crippen molar-refractivity contribution in [3.8, 4) is 0 Å². The van der Waals surface area contributed by atoms with Gasteiger partial charge in [0.05, 0.1) is 0 Å². The highest BCUT2D eigenvalue weighted by atomic mass is 16.5. The zero-order valence-corrected chi connectivity index (χ0v) is 15.5. The van der Waals surface area contributed by atoms with Gasteiger partial charge in [-0.15, -0.1) is 0 Å². The zero-order valence-electron chi connectivity index (χ0n) is 15.5. The highest BCUT2D eigenvalue weighted by Gasteiger charge is 2.29. The molecule has 1 unspecified atom stereocenters. The Bertz CT molecular complexity index is 936. The number of hydrogen-bond acceptors (Lipinski definition) is 4. The summed E-state index contributed by atoms with van der Waals surface area (Å²) in [5, 5.41) is 2.35. The van der Waals surface area contributed by atoms with Gasteiger partial charge in [-0.2, -0.15) is 0 Å². The molecule has 3 rings (SSSR count). The molecule has 2 amide bonds. The molecule has 3 N–H and O–H groups in total. The van der Waals surface area contributed by atoms with Crippen LogP contribution in [-0.4, -0.2) is 17.8 Å². The van der Waals surface area contributed by atoms with Crippen LogP contribution in [0.4, 0.5) is 0 Å². The maximum Gasteiger partial charge on any atom is 0.334 e. The molecule has 29 heavy (non-hydrogen) atoms. The van der Waals surface area contributed by atoms with Crippen molar-refractivity contribution in [1.82, 2.24) is 5.32 Å². The van der Waals surface area contributed by atoms with Gasteiger partial charge in [0.1, 0.15) is 0 Å². The van der Waals surface area contributed by atoms with Gasteiger partial charge < -0.3 is 15.8 Å². The largest absolute Gasteiger partial charge is 0.451 e. The third kappa shape index (κ3) is 5.07. The topological polar surface area (TPSA) is 98.5 Å². The summed E-state index contributed by atoms with van der Waals surface area (Å²) in [5.74, 6) is -2.95. The Morgan fingerprint density at radius 2 is 1.10 bits per heavy atom. The Kier molecular flexibility index (Phi) is 6.37. The van der Waals surface area contributed by atoms with Crippen molar-refractivity contribution in [3.05, 3.63) is 108 Å². The molecule has 0 radical (unpaired) electrons. The minimum Gasteiger partial charge on any atom is -0.451 e. The number of ether oxygens (including phenoxy) is 1. The fraction of sp³-hybridized carbons (Fsp3) is 0.0870. The molecule has 0 heterocycles. The lowest BCUT2D eigenvalue weighted by Crippen LogP contribution is -2.42. The highest BCUT2D eigenvalue weighted by Crippen LogP contribution is 2.28. The van der Waals surface area contributed by atoms with E-state index in [0.29, 0.717) is 5.56 Å². The molecule has 6 heteroatoms. The summed E-state index contributed by atoms with van der Waals surface area (Å²) < 4.78 is 5.81. The fourth-order valence-electron chi connectivity index (χ4n) is 2.89. The number of nitrogens with one attached hydrogen (secondary N) is 1. The Morgan fingerprint density at radius 1 is 0.690 bits per heavy atom. The standard InChI is InChI=1S/C23H20N2O4/c24-21(26)22(27)25-19(16-10-4-1-5-11-16)23(28)29-20(17-12-6-2-7-13-17)18-14-8-3-9-15-18/h1-15,19-20H,(H2,24,26)(H,25,27). The second-order valence-electron chi connectivity index (χ2n) is 6.32. The second kappa shape index (κ2) is 9.32. The summed E-state index contributed by atoms with van der Waals surface area (Å²) >= 11 is 0. The van der Waals surface area contributed by atoms with Gasteiger partial charge in [0.15, 0.2) is 12.1 Å². The monoisotopic (exact) mass is 388 g/mol. The van der Waals surface area contributed by atoms with Crippen LogP contribution in [0.5, 0.6) is 0 Å². The summed E-state index contributed by atoms with van der Waals surface area (Å²) in [7, 11) is 0. The number of amides is 2. The first-order chi connectivity index (χ1) is 14.1. The Balaban J connectivity index is 1.93. The normalized spacial score (nSPS) is 11.5. The smallest absolute Gasteiger partial charge is 0.334 e. The van der Waals surface area contributed by atoms with Crippen LogP contribution in [0, 0.1) is 0 Å². The number of esters is 1. The van der Waals surface area contributed by atoms with E-state index in [1.54, 1.807) is 30.3 Å². The Morgan fingerprint density at radius 3 is 1.52 bits per heavy atom. The molecular formula is C23H20N2O4. The van der Waals surface area contributed by atoms with E-state index < -0.39 is 29.9 Å². The maximum absolute atomic E-state index is 13.1. The van der Waals surface area contributed by atoms with E-state index >= 15 is 0 Å². The predicted molar refractivity (Wildman–Crippen MR) is 107 cm³/mol. The highest BCUT2D eigenvalue weighted by molar-refractivity contribution is 6.34. The van der Waals surface area contributed by atoms with Gasteiger partial charge in [0.25, 0.3) is 0 Å². The van der Waals surface area contributed by atoms with Crippen molar-refractivity contribution >= 4 is 17.8 Å². The van der Waals surface area contributed by atoms with Gasteiger partial charge in [0, 0.05) is 0 Å². The number of primary amides is 1. The van der Waals surface area contributed by atoms with Gasteiger partial charge in [-0.05, 0) is 16.7 Å². The molecule has 3 aromatic rings. The summed E-state index contributed by atoms with van der Waals surface area (Å²) in [6.07, 6.45) is -0.679. The second-order valence-corrected chi connectivity index (χ2v) is 6.32. The average Bonchev–Trinajstić information content (AvgIpc) is 2.77. The molecule has 0 aliphatic heterocycles. The molecule has 0 aliphatic rings. The Labute approximate surface area is 168 Å². The molecule has 0 saturated carbocycles. The number of nitrogens with two attached hydrogens (primary N) is 1. The molecule has 146 valence electrons. The number of carbonyl (C=O) groups excluding carboxylic acids is 3. The van der Waals surface area contributed by atoms with Gasteiger partial charge in [-0.1, -0.05) is 91.0 Å². The molecule has 0 aliphatic carbocycles. The molecule has 1 atom stereocenters. The van der Waals surface area contributed by atoms with Crippen LogP contribution in [0.1, 0.15) is 28.8 Å². The lowest BCUT2D eigenvalue weighted by atomic mass is 10.0. The van der Waals surface area contributed by atoms with Gasteiger partial charge in [-0.25, -0.2) is 4.79 Å². The van der Waals surface area contributed by atoms with E-state index in [1.807, 2.05) is 60.7 Å². The number of rotatable bonds is 6. The third-order valence-electron chi connectivity index (χ3n) is 4.31. The van der Waals surface area contributed by atoms with Crippen LogP contribution in [0.15, 0.2) is 91.0 Å². The van der Waals surface area contributed by atoms with E-state index in [9.17, 15) is 14.4 Å². The van der Waals surface area contributed by atoms with Gasteiger partial charge in [-0.3, -0.25) is 9.59 Å². The minimum atomic E-state index is -1.18. The van der Waals surface area contributed by atoms with Crippen LogP contribution in [0.3, 0.4) is 0 Å². The molecule has 3 aromatic carbocycles. The first kappa shape index (κ1) is 19.8. The molecule has 0 aromatic heterocycles. The van der Waals surface area contributed by atoms with Crippen molar-refractivity contribution in [3.63, 3.8) is 0 Å². The van der Waals surface area contributed by atoms with Crippen LogP contribution >= 0.6 is 0 Å². The van der Waals surface area contributed by atoms with Gasteiger partial charge in [0.2, 0.25) is 0 Å². The van der Waals surface area contributed by atoms with Crippen molar-refractivity contribution in [2.45, 2.75) is 12.1 Å². The zero-order chi connectivity index (χ0) is 20.6. The maximum atomic E-state index is 13.1. The summed E-state index contributed by atoms with van der Waals surface area (Å²) in [5.41, 5.74) is 7.08. The van der Waals surface area contributed by atoms with Crippen LogP contribution < -0.4 is 11.1 Å². The molecule has 0 saturated heterocycles. The van der Waals surface area contributed by atoms with Crippen molar-refractivity contribution in [2.24, 2.45) is 5.73 Å². The number of carbonyl (C=O) groups is 3. The van der Waals surface area contributed by atoms with Crippen molar-refractivity contribution < 1.29 is 19.1 Å². The molecular weight excluding hydrogens is 368 g/mol. The van der Waals surface area contributed by atoms with Crippen LogP contribution in [0.2, 0.25) is 0 Å². The van der Waals surface area contributed by atoms with Crippen LogP contribution in [-0.2, 0) is 19.1 Å². The Hall–Kier alpha value is -3.93. The molecule has 0 fully saturated rings. The van der Waals surface area contributed by atoms with Crippen LogP contribution in [0.25, 0.3) is 0 Å². The van der Waals surface area contributed by atoms with E-state index in [1.165, 1.54) is 0 Å². The summed E-state index contributed by atoms with van der Waals surface area (Å²) in [4.78, 5) is 36.1. The fourth-order valence-corrected chi connectivity index (χ4v) is 2.89. The summed E-state index contributed by atoms with van der Waals surface area (Å²) in [6, 6.07) is 25.9. The van der Waals surface area contributed by atoms with Crippen molar-refractivity contribution in [1.29, 1.82) is 0 Å². The lowest BCUT2D eigenvalue weighted by molar-refractivity contribution is -0.152. The van der Waals surface area contributed by atoms with E-state index in [4.69, 9.17) is 10.5 Å². The molecule has 0 bridgehead atoms. The SMILES string of the molecule is NC(=O)C(=O)NC(C(=O)OC(c1ccccc1)c1ccccc1)c1ccccc1. The molecule has 0 spiro atoms. The minimum absolute atomic E-state index is 0.479. The first-order valence-corrected chi connectivity index (χ1v) is 9.02. The first-order valence-electron chi connectivity index (χ1n) is 9.02. The van der Waals surface area contributed by atoms with E-state index in [2.05, 4.69) is 5.32 Å². The predicted octanol–water partition coefficient (Wildman–Crippen LogP) is 2.66. The number of benzene rings is 3. The van der Waals surface area contributed by atoms with E-state index in [-0.39, 0.29) is 0 Å². The average molecular weight is 388 g/mol. The molecule has 6 nitrogen and oxygen atoms in total.